The number of carbonyl (C=O) groups is 2. The number of benzene rings is 3. The number of quaternary nitrogens is 1. The summed E-state index contributed by atoms with van der Waals surface area (Å²) < 4.78 is 29.0. The van der Waals surface area contributed by atoms with Crippen LogP contribution in [0.1, 0.15) is 17.2 Å². The molecule has 2 fully saturated rings. The van der Waals surface area contributed by atoms with Crippen molar-refractivity contribution in [2.45, 2.75) is 23.5 Å². The van der Waals surface area contributed by atoms with Crippen molar-refractivity contribution >= 4 is 37.8 Å². The summed E-state index contributed by atoms with van der Waals surface area (Å²) in [5.74, 6) is -0.0492. The van der Waals surface area contributed by atoms with Crippen molar-refractivity contribution in [2.24, 2.45) is 5.14 Å². The molecule has 2 aliphatic heterocycles. The molecule has 2 aliphatic rings. The highest BCUT2D eigenvalue weighted by Gasteiger charge is 2.51. The first-order chi connectivity index (χ1) is 19.0. The van der Waals surface area contributed by atoms with Gasteiger partial charge in [-0.2, -0.15) is 0 Å². The Balaban J connectivity index is 1.44. The number of amides is 2. The highest BCUT2D eigenvalue weighted by atomic mass is 79.9. The molecule has 2 heterocycles. The van der Waals surface area contributed by atoms with Crippen LogP contribution in [-0.2, 0) is 26.2 Å². The maximum absolute atomic E-state index is 14.5. The zero-order valence-electron chi connectivity index (χ0n) is 21.3. The van der Waals surface area contributed by atoms with E-state index in [0.717, 1.165) is 9.37 Å². The van der Waals surface area contributed by atoms with Crippen molar-refractivity contribution < 1.29 is 27.4 Å². The molecule has 11 nitrogen and oxygen atoms in total. The number of nitrogens with zero attached hydrogens (tertiary/aromatic N) is 2. The van der Waals surface area contributed by atoms with E-state index in [1.165, 1.54) is 24.3 Å². The van der Waals surface area contributed by atoms with Crippen LogP contribution in [0.15, 0.2) is 82.2 Å². The Labute approximate surface area is 240 Å². The summed E-state index contributed by atoms with van der Waals surface area (Å²) >= 11 is 3.39. The fraction of sp³-hybridized carbons (Fsp3) is 0.259. The normalized spacial score (nSPS) is 22.4. The number of hydrogen-bond donors (Lipinski definition) is 3. The third kappa shape index (κ3) is 5.95. The maximum Gasteiger partial charge on any atom is 0.293 e. The SMILES string of the molecule is NS(=O)(=O)c1ccc(CN2C(=O)C[N+]([O-])(C3CNCNC3)C(c3ccc(Oc4ccc(Br)cc4)cc3)C2=O)cc1. The monoisotopic (exact) mass is 629 g/mol. The number of nitrogens with one attached hydrogen (secondary N) is 2. The molecular formula is C27H28BrN5O6S. The zero-order chi connectivity index (χ0) is 28.5. The van der Waals surface area contributed by atoms with Gasteiger partial charge in [-0.3, -0.25) is 25.1 Å². The standard InChI is InChI=1S/C27H28BrN5O6S/c28-20-5-9-23(10-6-20)39-22-7-3-19(4-8-22)26-27(35)32(15-18-1-11-24(12-2-18)40(29,37)38)25(34)16-33(26,36)21-13-30-17-31-14-21/h1-12,21,26,30-31H,13-17H2,(H2,29,37,38). The number of rotatable bonds is 7. The molecule has 0 saturated carbocycles. The van der Waals surface area contributed by atoms with E-state index in [1.807, 2.05) is 24.3 Å². The van der Waals surface area contributed by atoms with Crippen molar-refractivity contribution in [3.8, 4) is 11.5 Å². The molecule has 2 unspecified atom stereocenters. The lowest BCUT2D eigenvalue weighted by atomic mass is 9.96. The quantitative estimate of drug-likeness (QED) is 0.204. The lowest BCUT2D eigenvalue weighted by Crippen LogP contribution is -2.71. The Morgan fingerprint density at radius 3 is 2.10 bits per heavy atom. The Morgan fingerprint density at radius 2 is 1.52 bits per heavy atom. The van der Waals surface area contributed by atoms with Crippen LogP contribution >= 0.6 is 15.9 Å². The van der Waals surface area contributed by atoms with Crippen molar-refractivity contribution in [1.29, 1.82) is 0 Å². The third-order valence-corrected chi connectivity index (χ3v) is 8.54. The first-order valence-electron chi connectivity index (χ1n) is 12.5. The number of imide groups is 1. The van der Waals surface area contributed by atoms with Crippen LogP contribution in [0.5, 0.6) is 11.5 Å². The molecule has 0 spiro atoms. The van der Waals surface area contributed by atoms with Gasteiger partial charge in [0, 0.05) is 16.7 Å². The zero-order valence-corrected chi connectivity index (χ0v) is 23.7. The predicted octanol–water partition coefficient (Wildman–Crippen LogP) is 2.33. The summed E-state index contributed by atoms with van der Waals surface area (Å²) in [6, 6.07) is 17.9. The number of hydrogen-bond acceptors (Lipinski definition) is 8. The van der Waals surface area contributed by atoms with Gasteiger partial charge in [0.25, 0.3) is 11.8 Å². The fourth-order valence-corrected chi connectivity index (χ4v) is 5.80. The highest BCUT2D eigenvalue weighted by Crippen LogP contribution is 2.38. The summed E-state index contributed by atoms with van der Waals surface area (Å²) in [5, 5.41) is 25.9. The molecule has 3 aromatic rings. The van der Waals surface area contributed by atoms with Crippen LogP contribution in [0, 0.1) is 5.21 Å². The minimum atomic E-state index is -3.89. The van der Waals surface area contributed by atoms with E-state index >= 15 is 0 Å². The maximum atomic E-state index is 14.5. The second-order valence-corrected chi connectivity index (χ2v) is 12.3. The topological polar surface area (TPSA) is 154 Å². The molecule has 4 N–H and O–H groups in total. The molecular weight excluding hydrogens is 602 g/mol. The van der Waals surface area contributed by atoms with Crippen LogP contribution in [0.2, 0.25) is 0 Å². The summed E-state index contributed by atoms with van der Waals surface area (Å²) in [4.78, 5) is 28.2. The molecule has 210 valence electrons. The van der Waals surface area contributed by atoms with Crippen LogP contribution in [0.4, 0.5) is 0 Å². The van der Waals surface area contributed by atoms with E-state index in [1.54, 1.807) is 24.3 Å². The molecule has 2 atom stereocenters. The Hall–Kier alpha value is -3.17. The van der Waals surface area contributed by atoms with Gasteiger partial charge in [0.15, 0.2) is 12.6 Å². The number of primary sulfonamides is 1. The molecule has 13 heteroatoms. The van der Waals surface area contributed by atoms with Crippen LogP contribution in [0.25, 0.3) is 0 Å². The van der Waals surface area contributed by atoms with Gasteiger partial charge >= 0.3 is 0 Å². The van der Waals surface area contributed by atoms with Gasteiger partial charge in [0.05, 0.1) is 24.5 Å². The van der Waals surface area contributed by atoms with E-state index in [2.05, 4.69) is 26.6 Å². The molecule has 3 aromatic carbocycles. The average Bonchev–Trinajstić information content (AvgIpc) is 2.93. The number of nitrogens with two attached hydrogens (primary N) is 1. The Kier molecular flexibility index (Phi) is 8.06. The van der Waals surface area contributed by atoms with Crippen molar-refractivity contribution in [3.63, 3.8) is 0 Å². The molecule has 0 aliphatic carbocycles. The van der Waals surface area contributed by atoms with E-state index in [9.17, 15) is 23.2 Å². The smallest absolute Gasteiger partial charge is 0.293 e. The minimum Gasteiger partial charge on any atom is -0.631 e. The van der Waals surface area contributed by atoms with Crippen LogP contribution in [0.3, 0.4) is 0 Å². The molecule has 0 aromatic heterocycles. The van der Waals surface area contributed by atoms with Gasteiger partial charge in [-0.15, -0.1) is 0 Å². The lowest BCUT2D eigenvalue weighted by Gasteiger charge is -2.56. The molecule has 5 rings (SSSR count). The molecule has 2 amide bonds. The van der Waals surface area contributed by atoms with Gasteiger partial charge in [0.2, 0.25) is 10.0 Å². The van der Waals surface area contributed by atoms with E-state index in [0.29, 0.717) is 42.4 Å². The third-order valence-electron chi connectivity index (χ3n) is 7.09. The van der Waals surface area contributed by atoms with E-state index in [-0.39, 0.29) is 11.4 Å². The molecule has 0 bridgehead atoms. The summed E-state index contributed by atoms with van der Waals surface area (Å²) in [5.41, 5.74) is 0.994. The number of carbonyl (C=O) groups excluding carboxylic acids is 2. The van der Waals surface area contributed by atoms with Gasteiger partial charge in [-0.25, -0.2) is 13.6 Å². The van der Waals surface area contributed by atoms with Crippen LogP contribution in [-0.4, -0.2) is 62.1 Å². The first-order valence-corrected chi connectivity index (χ1v) is 14.9. The van der Waals surface area contributed by atoms with E-state index in [4.69, 9.17) is 9.88 Å². The second-order valence-electron chi connectivity index (χ2n) is 9.79. The number of hydroxylamine groups is 3. The molecule has 2 saturated heterocycles. The van der Waals surface area contributed by atoms with Crippen molar-refractivity contribution in [2.75, 3.05) is 26.3 Å². The number of halogens is 1. The van der Waals surface area contributed by atoms with Crippen molar-refractivity contribution in [1.82, 2.24) is 15.5 Å². The Morgan fingerprint density at radius 1 is 0.950 bits per heavy atom. The summed E-state index contributed by atoms with van der Waals surface area (Å²) in [7, 11) is -3.89. The van der Waals surface area contributed by atoms with Gasteiger partial charge in [-0.1, -0.05) is 28.1 Å². The summed E-state index contributed by atoms with van der Waals surface area (Å²) in [6.45, 7) is 0.717. The summed E-state index contributed by atoms with van der Waals surface area (Å²) in [6.07, 6.45) is 0. The largest absolute Gasteiger partial charge is 0.631 e. The molecule has 40 heavy (non-hydrogen) atoms. The average molecular weight is 631 g/mol. The lowest BCUT2D eigenvalue weighted by molar-refractivity contribution is -0.919. The van der Waals surface area contributed by atoms with E-state index < -0.39 is 45.1 Å². The first kappa shape index (κ1) is 28.4. The predicted molar refractivity (Wildman–Crippen MR) is 150 cm³/mol. The number of ether oxygens (including phenoxy) is 1. The molecule has 0 radical (unpaired) electrons. The minimum absolute atomic E-state index is 0.0802. The van der Waals surface area contributed by atoms with Gasteiger partial charge in [0.1, 0.15) is 17.5 Å². The van der Waals surface area contributed by atoms with Crippen molar-refractivity contribution in [3.05, 3.63) is 93.6 Å². The van der Waals surface area contributed by atoms with Gasteiger partial charge in [-0.05, 0) is 66.2 Å². The van der Waals surface area contributed by atoms with Gasteiger partial charge < -0.3 is 14.6 Å². The highest BCUT2D eigenvalue weighted by molar-refractivity contribution is 9.10. The van der Waals surface area contributed by atoms with Crippen LogP contribution < -0.4 is 20.5 Å². The second kappa shape index (κ2) is 11.4. The number of piperazine rings is 1. The Bertz CT molecular complexity index is 1500. The number of sulfonamides is 1. The fourth-order valence-electron chi connectivity index (χ4n) is 5.02.